The SMILES string of the molecule is Oc1ccc(Cl)c(Cl)c1Cc1c(O)c(Cl)cc(Cl)c1Cl. The standard InChI is InChI=1S/C13H7Cl5O2/c14-7-1-2-10(19)5(11(7)17)3-6-12(18)8(15)4-9(16)13(6)20/h1-2,4,19-20H,3H2. The molecule has 0 unspecified atom stereocenters. The lowest BCUT2D eigenvalue weighted by Gasteiger charge is -2.13. The largest absolute Gasteiger partial charge is 0.508 e. The van der Waals surface area contributed by atoms with Gasteiger partial charge in [0.2, 0.25) is 0 Å². The summed E-state index contributed by atoms with van der Waals surface area (Å²) < 4.78 is 0. The summed E-state index contributed by atoms with van der Waals surface area (Å²) in [4.78, 5) is 0. The molecule has 0 aromatic heterocycles. The Balaban J connectivity index is 2.59. The lowest BCUT2D eigenvalue weighted by atomic mass is 10.0. The van der Waals surface area contributed by atoms with Gasteiger partial charge in [-0.3, -0.25) is 0 Å². The van der Waals surface area contributed by atoms with E-state index in [1.807, 2.05) is 0 Å². The summed E-state index contributed by atoms with van der Waals surface area (Å²) in [5.74, 6) is -0.275. The molecule has 106 valence electrons. The van der Waals surface area contributed by atoms with Gasteiger partial charge in [0.05, 0.1) is 25.1 Å². The molecule has 0 saturated heterocycles. The number of rotatable bonds is 2. The highest BCUT2D eigenvalue weighted by Crippen LogP contribution is 2.42. The van der Waals surface area contributed by atoms with E-state index in [-0.39, 0.29) is 48.6 Å². The predicted molar refractivity (Wildman–Crippen MR) is 84.1 cm³/mol. The van der Waals surface area contributed by atoms with E-state index in [1.165, 1.54) is 18.2 Å². The van der Waals surface area contributed by atoms with Crippen molar-refractivity contribution in [1.82, 2.24) is 0 Å². The maximum atomic E-state index is 9.98. The first-order chi connectivity index (χ1) is 9.32. The third-order valence-electron chi connectivity index (χ3n) is 2.77. The molecule has 0 amide bonds. The second-order valence-corrected chi connectivity index (χ2v) is 5.99. The summed E-state index contributed by atoms with van der Waals surface area (Å²) in [5.41, 5.74) is 0.596. The van der Waals surface area contributed by atoms with Crippen LogP contribution in [0.15, 0.2) is 18.2 Å². The van der Waals surface area contributed by atoms with Gasteiger partial charge in [0, 0.05) is 17.5 Å². The van der Waals surface area contributed by atoms with E-state index < -0.39 is 0 Å². The highest BCUT2D eigenvalue weighted by Gasteiger charge is 2.19. The first-order valence-corrected chi connectivity index (χ1v) is 7.23. The van der Waals surface area contributed by atoms with Crippen molar-refractivity contribution in [2.24, 2.45) is 0 Å². The van der Waals surface area contributed by atoms with Crippen molar-refractivity contribution < 1.29 is 10.2 Å². The van der Waals surface area contributed by atoms with Gasteiger partial charge in [-0.2, -0.15) is 0 Å². The van der Waals surface area contributed by atoms with Gasteiger partial charge in [-0.1, -0.05) is 58.0 Å². The molecule has 0 bridgehead atoms. The minimum atomic E-state index is -0.212. The molecule has 0 heterocycles. The lowest BCUT2D eigenvalue weighted by Crippen LogP contribution is -1.94. The zero-order valence-electron chi connectivity index (χ0n) is 9.72. The Labute approximate surface area is 140 Å². The molecule has 0 aliphatic heterocycles. The number of halogens is 5. The Hall–Kier alpha value is -0.510. The summed E-state index contributed by atoms with van der Waals surface area (Å²) in [6.07, 6.45) is 0.0379. The van der Waals surface area contributed by atoms with Crippen LogP contribution >= 0.6 is 58.0 Å². The molecule has 0 atom stereocenters. The monoisotopic (exact) mass is 370 g/mol. The Morgan fingerprint density at radius 1 is 0.750 bits per heavy atom. The summed E-state index contributed by atoms with van der Waals surface area (Å²) in [7, 11) is 0. The molecule has 0 radical (unpaired) electrons. The first-order valence-electron chi connectivity index (χ1n) is 5.34. The quantitative estimate of drug-likeness (QED) is 0.639. The van der Waals surface area contributed by atoms with Crippen LogP contribution in [0.3, 0.4) is 0 Å². The van der Waals surface area contributed by atoms with Crippen LogP contribution in [0.4, 0.5) is 0 Å². The Bertz CT molecular complexity index is 659. The van der Waals surface area contributed by atoms with E-state index in [4.69, 9.17) is 58.0 Å². The molecule has 20 heavy (non-hydrogen) atoms. The Kier molecular flexibility index (Phi) is 4.83. The fourth-order valence-corrected chi connectivity index (χ4v) is 2.84. The van der Waals surface area contributed by atoms with Crippen LogP contribution in [0.5, 0.6) is 11.5 Å². The minimum Gasteiger partial charge on any atom is -0.508 e. The van der Waals surface area contributed by atoms with Gasteiger partial charge in [0.15, 0.2) is 0 Å². The molecule has 2 N–H and O–H groups in total. The highest BCUT2D eigenvalue weighted by molar-refractivity contribution is 6.44. The van der Waals surface area contributed by atoms with Crippen molar-refractivity contribution in [3.8, 4) is 11.5 Å². The van der Waals surface area contributed by atoms with Gasteiger partial charge < -0.3 is 10.2 Å². The topological polar surface area (TPSA) is 40.5 Å². The highest BCUT2D eigenvalue weighted by atomic mass is 35.5. The molecule has 0 fully saturated rings. The van der Waals surface area contributed by atoms with Crippen molar-refractivity contribution in [1.29, 1.82) is 0 Å². The van der Waals surface area contributed by atoms with Crippen molar-refractivity contribution in [3.63, 3.8) is 0 Å². The molecule has 0 aliphatic carbocycles. The number of phenolic OH excluding ortho intramolecular Hbond substituents is 2. The third-order valence-corrected chi connectivity index (χ3v) is 4.72. The van der Waals surface area contributed by atoms with Crippen molar-refractivity contribution in [2.75, 3.05) is 0 Å². The van der Waals surface area contributed by atoms with Crippen LogP contribution in [0.1, 0.15) is 11.1 Å². The van der Waals surface area contributed by atoms with Gasteiger partial charge in [-0.25, -0.2) is 0 Å². The van der Waals surface area contributed by atoms with Crippen LogP contribution in [0, 0.1) is 0 Å². The van der Waals surface area contributed by atoms with E-state index in [0.29, 0.717) is 5.56 Å². The van der Waals surface area contributed by atoms with Gasteiger partial charge in [-0.05, 0) is 18.2 Å². The molecular weight excluding hydrogens is 365 g/mol. The predicted octanol–water partition coefficient (Wildman–Crippen LogP) is 5.96. The van der Waals surface area contributed by atoms with Crippen LogP contribution in [0.25, 0.3) is 0 Å². The molecular formula is C13H7Cl5O2. The minimum absolute atomic E-state index is 0.0379. The molecule has 2 rings (SSSR count). The van der Waals surface area contributed by atoms with E-state index in [1.54, 1.807) is 0 Å². The van der Waals surface area contributed by atoms with Gasteiger partial charge in [-0.15, -0.1) is 0 Å². The fourth-order valence-electron chi connectivity index (χ4n) is 1.72. The lowest BCUT2D eigenvalue weighted by molar-refractivity contribution is 0.463. The van der Waals surface area contributed by atoms with E-state index in [9.17, 15) is 10.2 Å². The van der Waals surface area contributed by atoms with Crippen molar-refractivity contribution in [2.45, 2.75) is 6.42 Å². The fraction of sp³-hybridized carbons (Fsp3) is 0.0769. The molecule has 0 saturated carbocycles. The van der Waals surface area contributed by atoms with E-state index >= 15 is 0 Å². The van der Waals surface area contributed by atoms with Crippen molar-refractivity contribution in [3.05, 3.63) is 54.4 Å². The summed E-state index contributed by atoms with van der Waals surface area (Å²) in [6, 6.07) is 4.21. The number of aromatic hydroxyl groups is 2. The smallest absolute Gasteiger partial charge is 0.139 e. The average Bonchev–Trinajstić information content (AvgIpc) is 2.40. The Morgan fingerprint density at radius 3 is 2.00 bits per heavy atom. The average molecular weight is 372 g/mol. The zero-order valence-corrected chi connectivity index (χ0v) is 13.5. The molecule has 2 aromatic carbocycles. The molecule has 7 heteroatoms. The van der Waals surface area contributed by atoms with Crippen LogP contribution in [-0.4, -0.2) is 10.2 Å². The van der Waals surface area contributed by atoms with Crippen molar-refractivity contribution >= 4 is 58.0 Å². The number of benzene rings is 2. The second kappa shape index (κ2) is 6.08. The second-order valence-electron chi connectivity index (χ2n) is 4.02. The number of phenols is 2. The zero-order chi connectivity index (χ0) is 15.0. The van der Waals surface area contributed by atoms with Gasteiger partial charge in [0.25, 0.3) is 0 Å². The van der Waals surface area contributed by atoms with E-state index in [2.05, 4.69) is 0 Å². The normalized spacial score (nSPS) is 10.8. The van der Waals surface area contributed by atoms with E-state index in [0.717, 1.165) is 0 Å². The van der Waals surface area contributed by atoms with Crippen LogP contribution in [0.2, 0.25) is 25.1 Å². The summed E-state index contributed by atoms with van der Waals surface area (Å²) >= 11 is 29.8. The summed E-state index contributed by atoms with van der Waals surface area (Å²) in [5, 5.41) is 20.7. The number of hydrogen-bond donors (Lipinski definition) is 2. The maximum absolute atomic E-state index is 9.98. The summed E-state index contributed by atoms with van der Waals surface area (Å²) in [6.45, 7) is 0. The molecule has 0 spiro atoms. The van der Waals surface area contributed by atoms with Gasteiger partial charge in [0.1, 0.15) is 11.5 Å². The maximum Gasteiger partial charge on any atom is 0.139 e. The van der Waals surface area contributed by atoms with Gasteiger partial charge >= 0.3 is 0 Å². The Morgan fingerprint density at radius 2 is 1.35 bits per heavy atom. The third kappa shape index (κ3) is 2.90. The molecule has 0 aliphatic rings. The van der Waals surface area contributed by atoms with Crippen LogP contribution < -0.4 is 0 Å². The first kappa shape index (κ1) is 15.9. The molecule has 2 aromatic rings. The molecule has 2 nitrogen and oxygen atoms in total. The number of hydrogen-bond acceptors (Lipinski definition) is 2. The van der Waals surface area contributed by atoms with Crippen LogP contribution in [-0.2, 0) is 6.42 Å².